The molecule has 2 aromatic carbocycles. The Morgan fingerprint density at radius 3 is 2.40 bits per heavy atom. The van der Waals surface area contributed by atoms with Crippen molar-refractivity contribution in [3.63, 3.8) is 0 Å². The molecule has 3 atom stereocenters. The zero-order valence-electron chi connectivity index (χ0n) is 27.5. The molecular weight excluding hydrogens is 714 g/mol. The fourth-order valence-corrected chi connectivity index (χ4v) is 7.35. The Kier molecular flexibility index (Phi) is 8.83. The topological polar surface area (TPSA) is 123 Å². The van der Waals surface area contributed by atoms with Crippen LogP contribution in [0.2, 0.25) is 0 Å². The molecule has 0 radical (unpaired) electrons. The van der Waals surface area contributed by atoms with E-state index in [-0.39, 0.29) is 34.5 Å². The summed E-state index contributed by atoms with van der Waals surface area (Å²) < 4.78 is 116. The molecule has 0 bridgehead atoms. The summed E-state index contributed by atoms with van der Waals surface area (Å²) in [5.41, 5.74) is 0.703. The van der Waals surface area contributed by atoms with Gasteiger partial charge in [0.25, 0.3) is 11.8 Å². The summed E-state index contributed by atoms with van der Waals surface area (Å²) in [5.74, 6) is -5.59. The third-order valence-corrected chi connectivity index (χ3v) is 9.84. The third kappa shape index (κ3) is 6.97. The number of alkyl halides is 5. The molecule has 0 unspecified atom stereocenters. The minimum atomic E-state index is -5.08. The number of hydrogen-bond donors (Lipinski definition) is 3. The van der Waals surface area contributed by atoms with Gasteiger partial charge < -0.3 is 16.2 Å². The Morgan fingerprint density at radius 1 is 1.04 bits per heavy atom. The van der Waals surface area contributed by atoms with Gasteiger partial charge in [0.1, 0.15) is 41.0 Å². The molecule has 0 spiro atoms. The molecule has 16 heteroatoms. The number of nitrogens with one attached hydrogen (secondary N) is 1. The second-order valence-corrected chi connectivity index (χ2v) is 13.6. The molecule has 0 saturated heterocycles. The first-order valence-corrected chi connectivity index (χ1v) is 16.6. The second-order valence-electron chi connectivity index (χ2n) is 13.6. The van der Waals surface area contributed by atoms with Crippen molar-refractivity contribution in [2.24, 2.45) is 11.7 Å². The predicted octanol–water partition coefficient (Wildman–Crippen LogP) is 6.45. The molecular formula is C37H29F8N5O3. The van der Waals surface area contributed by atoms with E-state index in [2.05, 4.69) is 27.2 Å². The van der Waals surface area contributed by atoms with Gasteiger partial charge in [-0.1, -0.05) is 12.0 Å². The third-order valence-electron chi connectivity index (χ3n) is 9.84. The molecule has 4 aromatic rings. The van der Waals surface area contributed by atoms with Crippen molar-refractivity contribution < 1.29 is 49.8 Å². The number of halogens is 8. The lowest BCUT2D eigenvalue weighted by molar-refractivity contribution is -0.142. The first kappa shape index (κ1) is 36.1. The van der Waals surface area contributed by atoms with Crippen molar-refractivity contribution in [2.45, 2.75) is 74.7 Å². The van der Waals surface area contributed by atoms with Gasteiger partial charge in [0, 0.05) is 23.1 Å². The maximum atomic E-state index is 15.3. The lowest BCUT2D eigenvalue weighted by atomic mass is 9.93. The number of nitrogens with two attached hydrogens (primary N) is 1. The van der Waals surface area contributed by atoms with Crippen molar-refractivity contribution in [1.82, 2.24) is 20.1 Å². The molecule has 2 amide bonds. The smallest absolute Gasteiger partial charge is 0.378 e. The number of rotatable bonds is 8. The second kappa shape index (κ2) is 13.0. The van der Waals surface area contributed by atoms with E-state index < -0.39 is 100 Å². The lowest BCUT2D eigenvalue weighted by Gasteiger charge is -2.23. The van der Waals surface area contributed by atoms with Crippen molar-refractivity contribution in [1.29, 1.82) is 0 Å². The molecule has 3 aliphatic carbocycles. The first-order chi connectivity index (χ1) is 24.9. The Bertz CT molecular complexity index is 2200. The maximum absolute atomic E-state index is 15.3. The van der Waals surface area contributed by atoms with Gasteiger partial charge in [-0.15, -0.1) is 0 Å². The molecule has 2 heterocycles. The van der Waals surface area contributed by atoms with E-state index in [1.54, 1.807) is 0 Å². The summed E-state index contributed by atoms with van der Waals surface area (Å²) >= 11 is 0. The van der Waals surface area contributed by atoms with E-state index >= 15 is 8.78 Å². The fourth-order valence-electron chi connectivity index (χ4n) is 7.35. The number of amides is 2. The van der Waals surface area contributed by atoms with Crippen LogP contribution in [0.25, 0.3) is 11.1 Å². The van der Waals surface area contributed by atoms with Crippen molar-refractivity contribution >= 4 is 11.8 Å². The van der Waals surface area contributed by atoms with Gasteiger partial charge in [-0.25, -0.2) is 18.2 Å². The molecule has 2 fully saturated rings. The van der Waals surface area contributed by atoms with Gasteiger partial charge in [0.2, 0.25) is 5.91 Å². The van der Waals surface area contributed by atoms with Crippen LogP contribution in [-0.2, 0) is 29.9 Å². The number of hydrogen-bond acceptors (Lipinski definition) is 5. The Balaban J connectivity index is 1.33. The van der Waals surface area contributed by atoms with E-state index in [4.69, 9.17) is 5.73 Å². The van der Waals surface area contributed by atoms with Crippen LogP contribution in [0, 0.1) is 35.2 Å². The molecule has 3 aliphatic rings. The van der Waals surface area contributed by atoms with Crippen LogP contribution in [0.1, 0.15) is 88.3 Å². The van der Waals surface area contributed by atoms with Gasteiger partial charge in [-0.3, -0.25) is 14.3 Å². The van der Waals surface area contributed by atoms with Gasteiger partial charge in [-0.2, -0.15) is 27.1 Å². The van der Waals surface area contributed by atoms with Crippen LogP contribution in [0.4, 0.5) is 35.1 Å². The van der Waals surface area contributed by atoms with Crippen LogP contribution in [0.3, 0.4) is 0 Å². The predicted molar refractivity (Wildman–Crippen MR) is 171 cm³/mol. The summed E-state index contributed by atoms with van der Waals surface area (Å²) in [6, 6.07) is 7.39. The number of aliphatic hydroxyl groups is 1. The van der Waals surface area contributed by atoms with Crippen LogP contribution < -0.4 is 11.1 Å². The summed E-state index contributed by atoms with van der Waals surface area (Å²) in [7, 11) is 0. The quantitative estimate of drug-likeness (QED) is 0.142. The highest BCUT2D eigenvalue weighted by Gasteiger charge is 2.68. The van der Waals surface area contributed by atoms with Crippen molar-refractivity contribution in [2.75, 3.05) is 0 Å². The van der Waals surface area contributed by atoms with E-state index in [0.717, 1.165) is 37.1 Å². The summed E-state index contributed by atoms with van der Waals surface area (Å²) in [6.45, 7) is -1.09. The molecule has 276 valence electrons. The minimum Gasteiger partial charge on any atom is -0.378 e. The Morgan fingerprint density at radius 2 is 1.74 bits per heavy atom. The minimum absolute atomic E-state index is 0.0137. The number of carbonyl (C=O) groups is 2. The lowest BCUT2D eigenvalue weighted by Crippen LogP contribution is -2.35. The van der Waals surface area contributed by atoms with Crippen molar-refractivity contribution in [3.05, 3.63) is 105 Å². The number of carbonyl (C=O) groups excluding carboxylic acids is 2. The normalized spacial score (nSPS) is 19.9. The number of nitrogens with zero attached hydrogens (tertiary/aromatic N) is 3. The highest BCUT2D eigenvalue weighted by atomic mass is 19.4. The SMILES string of the molecule is NC(=O)c1cc(-c2ccc(C#CC3(O)CCCC3)nc2[C@H](Cc2cc(F)cc(F)c2)NC(=O)Cn2nc(C(F)(F)F)c3c2C(F)(F)[C@@H]2C[C@H]32)ccc1F. The van der Waals surface area contributed by atoms with Crippen LogP contribution in [0.5, 0.6) is 0 Å². The molecule has 4 N–H and O–H groups in total. The van der Waals surface area contributed by atoms with Gasteiger partial charge in [0.05, 0.1) is 17.3 Å². The van der Waals surface area contributed by atoms with Gasteiger partial charge >= 0.3 is 6.18 Å². The highest BCUT2D eigenvalue weighted by Crippen LogP contribution is 2.68. The van der Waals surface area contributed by atoms with Gasteiger partial charge in [0.15, 0.2) is 5.69 Å². The standard InChI is InChI=1S/C37H29F8N5O3/c38-20-11-18(12-21(39)15-20)13-28(48-29(51)17-50-33-30(32(49-50)37(43,44)45)24-16-26(24)36(33,41)42)31-23(19-3-6-27(40)25(14-19)34(46)52)5-4-22(47-31)7-10-35(53)8-1-2-9-35/h3-6,11-12,14-15,24,26,28,53H,1-2,8-9,13,16-17H2,(H2,46,52)(H,48,51)/t24-,26+,28-/m0/s1. The largest absolute Gasteiger partial charge is 0.435 e. The monoisotopic (exact) mass is 743 g/mol. The van der Waals surface area contributed by atoms with Crippen molar-refractivity contribution in [3.8, 4) is 23.0 Å². The number of pyridine rings is 1. The zero-order chi connectivity index (χ0) is 38.0. The number of primary amides is 1. The zero-order valence-corrected chi connectivity index (χ0v) is 27.5. The van der Waals surface area contributed by atoms with Crippen LogP contribution in [-0.4, -0.2) is 37.3 Å². The first-order valence-electron chi connectivity index (χ1n) is 16.6. The average Bonchev–Trinajstić information content (AvgIpc) is 3.51. The molecule has 7 rings (SSSR count). The van der Waals surface area contributed by atoms with Crippen LogP contribution in [0.15, 0.2) is 48.5 Å². The molecule has 2 saturated carbocycles. The maximum Gasteiger partial charge on any atom is 0.435 e. The molecule has 8 nitrogen and oxygen atoms in total. The highest BCUT2D eigenvalue weighted by molar-refractivity contribution is 5.94. The molecule has 0 aliphatic heterocycles. The van der Waals surface area contributed by atoms with E-state index in [0.29, 0.717) is 23.6 Å². The van der Waals surface area contributed by atoms with E-state index in [9.17, 15) is 41.0 Å². The van der Waals surface area contributed by atoms with Crippen LogP contribution >= 0.6 is 0 Å². The van der Waals surface area contributed by atoms with E-state index in [1.165, 1.54) is 18.2 Å². The van der Waals surface area contributed by atoms with Gasteiger partial charge in [-0.05, 0) is 97.9 Å². The molecule has 2 aromatic heterocycles. The number of fused-ring (bicyclic) bond motifs is 3. The molecule has 53 heavy (non-hydrogen) atoms. The average molecular weight is 744 g/mol. The Labute approximate surface area is 296 Å². The summed E-state index contributed by atoms with van der Waals surface area (Å²) in [5, 5.41) is 16.8. The number of aromatic nitrogens is 3. The fraction of sp³-hybridized carbons (Fsp3) is 0.351. The summed E-state index contributed by atoms with van der Waals surface area (Å²) in [6.07, 6.45) is -3.33. The summed E-state index contributed by atoms with van der Waals surface area (Å²) in [4.78, 5) is 30.3. The Hall–Kier alpha value is -5.30. The van der Waals surface area contributed by atoms with E-state index in [1.807, 2.05) is 0 Å². The number of benzene rings is 2.